The molecule has 1 saturated heterocycles. The molecule has 1 N–H and O–H groups in total. The number of amides is 2. The number of hydrogen-bond donors (Lipinski definition) is 1. The zero-order chi connectivity index (χ0) is 17.6. The Morgan fingerprint density at radius 3 is 3.04 bits per heavy atom. The zero-order valence-electron chi connectivity index (χ0n) is 14.1. The summed E-state index contributed by atoms with van der Waals surface area (Å²) in [6.07, 6.45) is 4.31. The Morgan fingerprint density at radius 2 is 2.28 bits per heavy atom. The molecule has 1 atom stereocenters. The van der Waals surface area contributed by atoms with Crippen LogP contribution in [0.3, 0.4) is 0 Å². The summed E-state index contributed by atoms with van der Waals surface area (Å²) in [5, 5.41) is 7.02. The van der Waals surface area contributed by atoms with E-state index >= 15 is 0 Å². The van der Waals surface area contributed by atoms with Crippen molar-refractivity contribution in [3.8, 4) is 0 Å². The molecule has 2 aromatic rings. The number of hydrogen-bond acceptors (Lipinski definition) is 5. The Kier molecular flexibility index (Phi) is 5.27. The number of benzene rings is 1. The van der Waals surface area contributed by atoms with Gasteiger partial charge >= 0.3 is 6.09 Å². The minimum Gasteiger partial charge on any atom is -0.453 e. The van der Waals surface area contributed by atoms with Crippen molar-refractivity contribution in [2.45, 2.75) is 19.4 Å². The highest BCUT2D eigenvalue weighted by atomic mass is 16.5. The number of methoxy groups -OCH3 is 1. The fourth-order valence-corrected chi connectivity index (χ4v) is 2.98. The lowest BCUT2D eigenvalue weighted by atomic mass is 9.97. The second-order valence-electron chi connectivity index (χ2n) is 6.04. The van der Waals surface area contributed by atoms with E-state index in [4.69, 9.17) is 4.74 Å². The molecule has 1 aliphatic heterocycles. The average molecular weight is 343 g/mol. The van der Waals surface area contributed by atoms with Gasteiger partial charge in [-0.2, -0.15) is 5.10 Å². The first-order valence-electron chi connectivity index (χ1n) is 8.21. The summed E-state index contributed by atoms with van der Waals surface area (Å²) in [4.78, 5) is 29.7. The molecule has 2 heterocycles. The van der Waals surface area contributed by atoms with Crippen molar-refractivity contribution in [2.75, 3.05) is 25.5 Å². The van der Waals surface area contributed by atoms with Gasteiger partial charge in [0.25, 0.3) is 0 Å². The highest BCUT2D eigenvalue weighted by molar-refractivity contribution is 5.93. The van der Waals surface area contributed by atoms with E-state index in [-0.39, 0.29) is 17.9 Å². The van der Waals surface area contributed by atoms with E-state index in [1.165, 1.54) is 13.4 Å². The number of anilines is 1. The molecule has 8 heteroatoms. The van der Waals surface area contributed by atoms with Gasteiger partial charge in [-0.3, -0.25) is 4.79 Å². The summed E-state index contributed by atoms with van der Waals surface area (Å²) in [6.45, 7) is 1.60. The second-order valence-corrected chi connectivity index (χ2v) is 6.04. The molecule has 8 nitrogen and oxygen atoms in total. The van der Waals surface area contributed by atoms with E-state index in [1.54, 1.807) is 15.9 Å². The zero-order valence-corrected chi connectivity index (χ0v) is 14.1. The van der Waals surface area contributed by atoms with E-state index in [2.05, 4.69) is 15.4 Å². The number of aromatic nitrogens is 3. The molecular formula is C17H21N5O3. The second kappa shape index (κ2) is 7.78. The van der Waals surface area contributed by atoms with Crippen LogP contribution in [0.2, 0.25) is 0 Å². The van der Waals surface area contributed by atoms with Gasteiger partial charge in [-0.25, -0.2) is 14.5 Å². The fourth-order valence-electron chi connectivity index (χ4n) is 2.98. The third kappa shape index (κ3) is 4.34. The van der Waals surface area contributed by atoms with Crippen molar-refractivity contribution >= 4 is 17.7 Å². The molecule has 0 radical (unpaired) electrons. The minimum atomic E-state index is -0.382. The van der Waals surface area contributed by atoms with Crippen LogP contribution in [0, 0.1) is 5.92 Å². The third-order valence-electron chi connectivity index (χ3n) is 4.23. The quantitative estimate of drug-likeness (QED) is 0.913. The van der Waals surface area contributed by atoms with Crippen LogP contribution in [-0.2, 0) is 16.1 Å². The summed E-state index contributed by atoms with van der Waals surface area (Å²) in [6, 6.07) is 7.63. The lowest BCUT2D eigenvalue weighted by Crippen LogP contribution is -2.43. The maximum absolute atomic E-state index is 12.5. The van der Waals surface area contributed by atoms with E-state index in [9.17, 15) is 9.59 Å². The molecule has 1 aromatic carbocycles. The Labute approximate surface area is 145 Å². The van der Waals surface area contributed by atoms with Crippen LogP contribution in [-0.4, -0.2) is 51.9 Å². The number of likely N-dealkylation sites (tertiary alicyclic amines) is 1. The lowest BCUT2D eigenvalue weighted by Gasteiger charge is -2.30. The van der Waals surface area contributed by atoms with Crippen LogP contribution in [0.5, 0.6) is 0 Å². The molecule has 1 aliphatic rings. The van der Waals surface area contributed by atoms with E-state index < -0.39 is 0 Å². The van der Waals surface area contributed by atoms with Gasteiger partial charge in [-0.15, -0.1) is 0 Å². The SMILES string of the molecule is COC(=O)N1CCCC(C(=O)Nc2cccc(Cn3cncn3)c2)C1. The van der Waals surface area contributed by atoms with Crippen LogP contribution in [0.4, 0.5) is 10.5 Å². The predicted octanol–water partition coefficient (Wildman–Crippen LogP) is 1.74. The standard InChI is InChI=1S/C17H21N5O3/c1-25-17(24)21-7-3-5-14(10-21)16(23)20-15-6-2-4-13(8-15)9-22-12-18-11-19-22/h2,4,6,8,11-12,14H,3,5,7,9-10H2,1H3,(H,20,23). The van der Waals surface area contributed by atoms with Gasteiger partial charge in [0, 0.05) is 18.8 Å². The summed E-state index contributed by atoms with van der Waals surface area (Å²) in [5.74, 6) is -0.307. The predicted molar refractivity (Wildman–Crippen MR) is 90.9 cm³/mol. The molecule has 2 amide bonds. The van der Waals surface area contributed by atoms with Gasteiger partial charge in [0.05, 0.1) is 19.6 Å². The van der Waals surface area contributed by atoms with Gasteiger partial charge in [0.1, 0.15) is 12.7 Å². The maximum atomic E-state index is 12.5. The number of rotatable bonds is 4. The Balaban J connectivity index is 1.61. The molecule has 25 heavy (non-hydrogen) atoms. The highest BCUT2D eigenvalue weighted by Gasteiger charge is 2.28. The van der Waals surface area contributed by atoms with Crippen LogP contribution in [0.25, 0.3) is 0 Å². The first-order chi connectivity index (χ1) is 12.2. The summed E-state index contributed by atoms with van der Waals surface area (Å²) in [5.41, 5.74) is 1.75. The van der Waals surface area contributed by atoms with Crippen molar-refractivity contribution in [3.05, 3.63) is 42.5 Å². The van der Waals surface area contributed by atoms with E-state index in [0.717, 1.165) is 24.1 Å². The number of nitrogens with zero attached hydrogens (tertiary/aromatic N) is 4. The molecule has 1 unspecified atom stereocenters. The van der Waals surface area contributed by atoms with Crippen molar-refractivity contribution in [1.82, 2.24) is 19.7 Å². The number of piperidine rings is 1. The molecule has 0 saturated carbocycles. The van der Waals surface area contributed by atoms with Crippen LogP contribution >= 0.6 is 0 Å². The van der Waals surface area contributed by atoms with Crippen molar-refractivity contribution in [3.63, 3.8) is 0 Å². The summed E-state index contributed by atoms with van der Waals surface area (Å²) < 4.78 is 6.46. The molecule has 0 spiro atoms. The molecule has 0 bridgehead atoms. The smallest absolute Gasteiger partial charge is 0.409 e. The average Bonchev–Trinajstić information content (AvgIpc) is 3.14. The normalized spacial score (nSPS) is 17.2. The first kappa shape index (κ1) is 16.9. The molecule has 1 aromatic heterocycles. The number of carbonyl (C=O) groups is 2. The Bertz CT molecular complexity index is 732. The number of carbonyl (C=O) groups excluding carboxylic acids is 2. The summed E-state index contributed by atoms with van der Waals surface area (Å²) in [7, 11) is 1.35. The van der Waals surface area contributed by atoms with Crippen molar-refractivity contribution in [2.24, 2.45) is 5.92 Å². The maximum Gasteiger partial charge on any atom is 0.409 e. The van der Waals surface area contributed by atoms with Gasteiger partial charge in [0.2, 0.25) is 5.91 Å². The van der Waals surface area contributed by atoms with Gasteiger partial charge in [-0.05, 0) is 30.5 Å². The fraction of sp³-hybridized carbons (Fsp3) is 0.412. The van der Waals surface area contributed by atoms with Gasteiger partial charge in [-0.1, -0.05) is 12.1 Å². The lowest BCUT2D eigenvalue weighted by molar-refractivity contribution is -0.121. The topological polar surface area (TPSA) is 89.4 Å². The first-order valence-corrected chi connectivity index (χ1v) is 8.21. The largest absolute Gasteiger partial charge is 0.453 e. The molecule has 0 aliphatic carbocycles. The molecule has 1 fully saturated rings. The Morgan fingerprint density at radius 1 is 1.40 bits per heavy atom. The van der Waals surface area contributed by atoms with Crippen LogP contribution in [0.15, 0.2) is 36.9 Å². The third-order valence-corrected chi connectivity index (χ3v) is 4.23. The van der Waals surface area contributed by atoms with Crippen LogP contribution < -0.4 is 5.32 Å². The minimum absolute atomic E-state index is 0.0773. The molecule has 132 valence electrons. The number of nitrogens with one attached hydrogen (secondary N) is 1. The summed E-state index contributed by atoms with van der Waals surface area (Å²) >= 11 is 0. The van der Waals surface area contributed by atoms with E-state index in [1.807, 2.05) is 24.3 Å². The molecule has 3 rings (SSSR count). The van der Waals surface area contributed by atoms with Crippen molar-refractivity contribution < 1.29 is 14.3 Å². The monoisotopic (exact) mass is 343 g/mol. The van der Waals surface area contributed by atoms with Crippen LogP contribution in [0.1, 0.15) is 18.4 Å². The highest BCUT2D eigenvalue weighted by Crippen LogP contribution is 2.20. The number of ether oxygens (including phenoxy) is 1. The van der Waals surface area contributed by atoms with Gasteiger partial charge in [0.15, 0.2) is 0 Å². The Hall–Kier alpha value is -2.90. The van der Waals surface area contributed by atoms with E-state index in [0.29, 0.717) is 19.6 Å². The molecular weight excluding hydrogens is 322 g/mol. The van der Waals surface area contributed by atoms with Crippen molar-refractivity contribution in [1.29, 1.82) is 0 Å². The van der Waals surface area contributed by atoms with Gasteiger partial charge < -0.3 is 15.0 Å².